The van der Waals surface area contributed by atoms with Gasteiger partial charge in [-0.1, -0.05) is 48.0 Å². The molecule has 0 aliphatic carbocycles. The quantitative estimate of drug-likeness (QED) is 0.229. The third kappa shape index (κ3) is 7.14. The number of benzene rings is 3. The number of urea groups is 1. The Morgan fingerprint density at radius 3 is 2.59 bits per heavy atom. The maximum Gasteiger partial charge on any atom is 0.322 e. The first-order valence-corrected chi connectivity index (χ1v) is 12.9. The number of nitrogens with zero attached hydrogens (tertiary/aromatic N) is 2. The Hall–Kier alpha value is -3.77. The van der Waals surface area contributed by atoms with Gasteiger partial charge < -0.3 is 20.3 Å². The van der Waals surface area contributed by atoms with Crippen molar-refractivity contribution in [3.8, 4) is 5.75 Å². The lowest BCUT2D eigenvalue weighted by Crippen LogP contribution is -2.36. The molecular weight excluding hydrogens is 484 g/mol. The second kappa shape index (κ2) is 12.5. The lowest BCUT2D eigenvalue weighted by Gasteiger charge is -2.25. The number of hydrogen-bond acceptors (Lipinski definition) is 4. The van der Waals surface area contributed by atoms with E-state index in [-0.39, 0.29) is 12.1 Å². The van der Waals surface area contributed by atoms with Crippen molar-refractivity contribution < 1.29 is 9.53 Å². The van der Waals surface area contributed by atoms with Crippen molar-refractivity contribution in [3.05, 3.63) is 95.1 Å². The van der Waals surface area contributed by atoms with E-state index in [0.717, 1.165) is 52.0 Å². The highest BCUT2D eigenvalue weighted by molar-refractivity contribution is 6.30. The number of amides is 2. The highest BCUT2D eigenvalue weighted by Gasteiger charge is 2.16. The Labute approximate surface area is 223 Å². The molecule has 37 heavy (non-hydrogen) atoms. The van der Waals surface area contributed by atoms with E-state index in [1.807, 2.05) is 84.6 Å². The van der Waals surface area contributed by atoms with E-state index in [2.05, 4.69) is 22.5 Å². The number of rotatable bonds is 10. The molecule has 0 fully saturated rings. The molecule has 192 valence electrons. The highest BCUT2D eigenvalue weighted by Crippen LogP contribution is 2.28. The third-order valence-corrected chi connectivity index (χ3v) is 6.59. The molecule has 1 atom stereocenters. The van der Waals surface area contributed by atoms with Crippen LogP contribution in [0, 0.1) is 6.92 Å². The third-order valence-electron chi connectivity index (χ3n) is 6.34. The predicted octanol–water partition coefficient (Wildman–Crippen LogP) is 7.52. The fraction of sp³-hybridized carbons (Fsp3) is 0.267. The van der Waals surface area contributed by atoms with Crippen LogP contribution < -0.4 is 15.4 Å². The van der Waals surface area contributed by atoms with Crippen molar-refractivity contribution in [2.45, 2.75) is 39.3 Å². The number of ether oxygens (including phenoxy) is 1. The summed E-state index contributed by atoms with van der Waals surface area (Å²) < 4.78 is 5.48. The van der Waals surface area contributed by atoms with Crippen LogP contribution in [0.2, 0.25) is 5.02 Å². The van der Waals surface area contributed by atoms with Gasteiger partial charge in [0, 0.05) is 47.5 Å². The lowest BCUT2D eigenvalue weighted by molar-refractivity contribution is 0.207. The summed E-state index contributed by atoms with van der Waals surface area (Å²) in [5.41, 5.74) is 4.74. The lowest BCUT2D eigenvalue weighted by atomic mass is 10.1. The molecule has 0 spiro atoms. The fourth-order valence-electron chi connectivity index (χ4n) is 4.29. The van der Waals surface area contributed by atoms with E-state index in [9.17, 15) is 4.79 Å². The zero-order valence-corrected chi connectivity index (χ0v) is 22.3. The molecule has 0 saturated carbocycles. The summed E-state index contributed by atoms with van der Waals surface area (Å²) in [6.45, 7) is 5.25. The van der Waals surface area contributed by atoms with Crippen LogP contribution in [0.5, 0.6) is 5.75 Å². The molecule has 3 aromatic carbocycles. The second-order valence-corrected chi connectivity index (χ2v) is 9.67. The first kappa shape index (κ1) is 26.3. The Balaban J connectivity index is 1.42. The van der Waals surface area contributed by atoms with Gasteiger partial charge in [0.1, 0.15) is 5.75 Å². The number of para-hydroxylation sites is 1. The first-order chi connectivity index (χ1) is 17.9. The van der Waals surface area contributed by atoms with Crippen LogP contribution in [0.3, 0.4) is 0 Å². The number of nitrogens with one attached hydrogen (secondary N) is 2. The average Bonchev–Trinajstić information content (AvgIpc) is 2.90. The predicted molar refractivity (Wildman–Crippen MR) is 153 cm³/mol. The van der Waals surface area contributed by atoms with Crippen molar-refractivity contribution in [2.75, 3.05) is 24.3 Å². The van der Waals surface area contributed by atoms with Gasteiger partial charge >= 0.3 is 6.03 Å². The van der Waals surface area contributed by atoms with Gasteiger partial charge in [0.05, 0.1) is 18.3 Å². The highest BCUT2D eigenvalue weighted by atomic mass is 35.5. The summed E-state index contributed by atoms with van der Waals surface area (Å²) in [5, 5.41) is 8.37. The van der Waals surface area contributed by atoms with Crippen LogP contribution in [0.15, 0.2) is 79.0 Å². The Kier molecular flexibility index (Phi) is 8.86. The number of halogens is 1. The molecular formula is C30H33ClN4O2. The molecule has 4 aromatic rings. The molecule has 0 saturated heterocycles. The number of pyridine rings is 1. The minimum Gasteiger partial charge on any atom is -0.497 e. The van der Waals surface area contributed by atoms with Gasteiger partial charge in [0.25, 0.3) is 0 Å². The van der Waals surface area contributed by atoms with Crippen LogP contribution in [-0.2, 0) is 6.54 Å². The van der Waals surface area contributed by atoms with E-state index >= 15 is 0 Å². The van der Waals surface area contributed by atoms with Crippen LogP contribution in [0.25, 0.3) is 10.9 Å². The van der Waals surface area contributed by atoms with Crippen LogP contribution >= 0.6 is 11.6 Å². The van der Waals surface area contributed by atoms with E-state index in [4.69, 9.17) is 16.3 Å². The maximum absolute atomic E-state index is 13.3. The number of hydrogen-bond donors (Lipinski definition) is 2. The average molecular weight is 517 g/mol. The molecule has 4 rings (SSSR count). The molecule has 2 N–H and O–H groups in total. The van der Waals surface area contributed by atoms with E-state index in [1.54, 1.807) is 13.3 Å². The molecule has 6 nitrogen and oxygen atoms in total. The normalized spacial score (nSPS) is 11.7. The minimum absolute atomic E-state index is 0.118. The largest absolute Gasteiger partial charge is 0.497 e. The molecule has 1 aromatic heterocycles. The van der Waals surface area contributed by atoms with Crippen LogP contribution in [0.1, 0.15) is 30.9 Å². The van der Waals surface area contributed by atoms with Gasteiger partial charge in [-0.25, -0.2) is 4.79 Å². The summed E-state index contributed by atoms with van der Waals surface area (Å²) in [5.74, 6) is 0.789. The van der Waals surface area contributed by atoms with Crippen LogP contribution in [-0.4, -0.2) is 35.6 Å². The smallest absolute Gasteiger partial charge is 0.322 e. The van der Waals surface area contributed by atoms with Gasteiger partial charge in [0.15, 0.2) is 0 Å². The minimum atomic E-state index is -0.118. The fourth-order valence-corrected chi connectivity index (χ4v) is 4.41. The van der Waals surface area contributed by atoms with Gasteiger partial charge in [0.2, 0.25) is 0 Å². The molecule has 0 aliphatic rings. The number of fused-ring (bicyclic) bond motifs is 1. The van der Waals surface area contributed by atoms with E-state index < -0.39 is 0 Å². The SMILES string of the molecule is COc1cc(NC(C)CCCN(Cc2ccc(Cl)cc2)C(=O)Nc2ccccc2C)c2ncccc2c1. The van der Waals surface area contributed by atoms with Gasteiger partial charge in [-0.05, 0) is 68.1 Å². The second-order valence-electron chi connectivity index (χ2n) is 9.23. The van der Waals surface area contributed by atoms with Gasteiger partial charge in [-0.15, -0.1) is 0 Å². The number of methoxy groups -OCH3 is 1. The number of carbonyl (C=O) groups excluding carboxylic acids is 1. The number of aromatic nitrogens is 1. The molecule has 0 aliphatic heterocycles. The first-order valence-electron chi connectivity index (χ1n) is 12.5. The van der Waals surface area contributed by atoms with Crippen molar-refractivity contribution in [1.82, 2.24) is 9.88 Å². The van der Waals surface area contributed by atoms with Gasteiger partial charge in [-0.3, -0.25) is 4.98 Å². The Morgan fingerprint density at radius 1 is 1.05 bits per heavy atom. The van der Waals surface area contributed by atoms with Crippen molar-refractivity contribution >= 4 is 39.9 Å². The van der Waals surface area contributed by atoms with Crippen molar-refractivity contribution in [3.63, 3.8) is 0 Å². The standard InChI is InChI=1S/C30H33ClN4O2/c1-21-8-4-5-11-27(21)34-30(36)35(20-23-12-14-25(31)15-13-23)17-7-9-22(2)33-28-19-26(37-3)18-24-10-6-16-32-29(24)28/h4-6,8,10-16,18-19,22,33H,7,9,17,20H2,1-3H3,(H,34,36). The van der Waals surface area contributed by atoms with Crippen LogP contribution in [0.4, 0.5) is 16.2 Å². The zero-order valence-electron chi connectivity index (χ0n) is 21.5. The molecule has 7 heteroatoms. The molecule has 0 radical (unpaired) electrons. The summed E-state index contributed by atoms with van der Waals surface area (Å²) in [7, 11) is 1.67. The van der Waals surface area contributed by atoms with Crippen molar-refractivity contribution in [1.29, 1.82) is 0 Å². The summed E-state index contributed by atoms with van der Waals surface area (Å²) in [4.78, 5) is 19.7. The van der Waals surface area contributed by atoms with Gasteiger partial charge in [-0.2, -0.15) is 0 Å². The van der Waals surface area contributed by atoms with Crippen molar-refractivity contribution in [2.24, 2.45) is 0 Å². The number of anilines is 2. The summed E-state index contributed by atoms with van der Waals surface area (Å²) >= 11 is 6.06. The molecule has 0 bridgehead atoms. The Morgan fingerprint density at radius 2 is 1.84 bits per heavy atom. The van der Waals surface area contributed by atoms with E-state index in [1.165, 1.54) is 0 Å². The number of carbonyl (C=O) groups is 1. The molecule has 2 amide bonds. The molecule has 1 unspecified atom stereocenters. The Bertz CT molecular complexity index is 1340. The number of aryl methyl sites for hydroxylation is 1. The summed E-state index contributed by atoms with van der Waals surface area (Å²) in [6, 6.07) is 23.4. The topological polar surface area (TPSA) is 66.5 Å². The monoisotopic (exact) mass is 516 g/mol. The zero-order chi connectivity index (χ0) is 26.2. The molecule has 1 heterocycles. The summed E-state index contributed by atoms with van der Waals surface area (Å²) in [6.07, 6.45) is 3.50. The maximum atomic E-state index is 13.3. The van der Waals surface area contributed by atoms with E-state index in [0.29, 0.717) is 18.1 Å².